The predicted molar refractivity (Wildman–Crippen MR) is 86.3 cm³/mol. The molecule has 0 spiro atoms. The molecule has 0 amide bonds. The molecule has 0 saturated heterocycles. The van der Waals surface area contributed by atoms with E-state index >= 15 is 0 Å². The number of nitrogens with zero attached hydrogens (tertiary/aromatic N) is 2. The van der Waals surface area contributed by atoms with Gasteiger partial charge < -0.3 is 15.0 Å². The second-order valence-corrected chi connectivity index (χ2v) is 5.76. The van der Waals surface area contributed by atoms with E-state index in [1.165, 1.54) is 6.42 Å². The summed E-state index contributed by atoms with van der Waals surface area (Å²) in [5, 5.41) is 4.08. The summed E-state index contributed by atoms with van der Waals surface area (Å²) >= 11 is 0. The monoisotopic (exact) mass is 323 g/mol. The molecule has 5 nitrogen and oxygen atoms in total. The van der Waals surface area contributed by atoms with Crippen LogP contribution in [0.5, 0.6) is 5.75 Å². The van der Waals surface area contributed by atoms with Crippen molar-refractivity contribution in [3.05, 3.63) is 41.5 Å². The lowest BCUT2D eigenvalue weighted by Gasteiger charge is -2.29. The van der Waals surface area contributed by atoms with Gasteiger partial charge >= 0.3 is 0 Å². The van der Waals surface area contributed by atoms with E-state index in [4.69, 9.17) is 15.0 Å². The molecule has 22 heavy (non-hydrogen) atoms. The summed E-state index contributed by atoms with van der Waals surface area (Å²) in [6.45, 7) is 0. The zero-order valence-electron chi connectivity index (χ0n) is 12.7. The fourth-order valence-corrected chi connectivity index (χ4v) is 2.85. The van der Waals surface area contributed by atoms with E-state index in [1.807, 2.05) is 24.3 Å². The van der Waals surface area contributed by atoms with Gasteiger partial charge in [0.05, 0.1) is 12.6 Å². The average Bonchev–Trinajstić information content (AvgIpc) is 2.98. The summed E-state index contributed by atoms with van der Waals surface area (Å²) in [5.74, 6) is 2.12. The number of hydrogen-bond acceptors (Lipinski definition) is 5. The molecule has 120 valence electrons. The van der Waals surface area contributed by atoms with E-state index in [0.29, 0.717) is 18.1 Å². The highest BCUT2D eigenvalue weighted by Crippen LogP contribution is 2.33. The van der Waals surface area contributed by atoms with Crippen molar-refractivity contribution < 1.29 is 9.26 Å². The van der Waals surface area contributed by atoms with Gasteiger partial charge in [-0.25, -0.2) is 0 Å². The third kappa shape index (κ3) is 3.59. The van der Waals surface area contributed by atoms with Gasteiger partial charge in [-0.1, -0.05) is 36.6 Å². The molecular formula is C16H22ClN3O2. The first-order valence-electron chi connectivity index (χ1n) is 7.44. The van der Waals surface area contributed by atoms with Crippen molar-refractivity contribution in [3.63, 3.8) is 0 Å². The number of hydrogen-bond donors (Lipinski definition) is 1. The topological polar surface area (TPSA) is 74.2 Å². The van der Waals surface area contributed by atoms with Crippen LogP contribution in [0.1, 0.15) is 49.4 Å². The molecule has 1 fully saturated rings. The van der Waals surface area contributed by atoms with Crippen LogP contribution in [0.25, 0.3) is 0 Å². The van der Waals surface area contributed by atoms with Crippen molar-refractivity contribution in [3.8, 4) is 5.75 Å². The highest BCUT2D eigenvalue weighted by molar-refractivity contribution is 5.85. The van der Waals surface area contributed by atoms with Gasteiger partial charge in [0.1, 0.15) is 5.75 Å². The first kappa shape index (κ1) is 16.8. The number of halogens is 1. The van der Waals surface area contributed by atoms with Gasteiger partial charge in [0, 0.05) is 6.42 Å². The van der Waals surface area contributed by atoms with Crippen LogP contribution >= 0.6 is 12.4 Å². The smallest absolute Gasteiger partial charge is 0.246 e. The third-order valence-corrected chi connectivity index (χ3v) is 4.16. The van der Waals surface area contributed by atoms with E-state index in [1.54, 1.807) is 7.11 Å². The SMILES string of the molecule is COc1ccc(Cc2noc(C3(N)CCCCC3)n2)cc1.Cl. The molecule has 3 rings (SSSR count). The van der Waals surface area contributed by atoms with Crippen LogP contribution in [0.3, 0.4) is 0 Å². The van der Waals surface area contributed by atoms with E-state index in [2.05, 4.69) is 10.1 Å². The largest absolute Gasteiger partial charge is 0.497 e. The third-order valence-electron chi connectivity index (χ3n) is 4.16. The Hall–Kier alpha value is -1.59. The highest BCUT2D eigenvalue weighted by Gasteiger charge is 2.35. The molecule has 0 atom stereocenters. The molecule has 0 bridgehead atoms. The lowest BCUT2D eigenvalue weighted by Crippen LogP contribution is -2.39. The van der Waals surface area contributed by atoms with Gasteiger partial charge in [0.25, 0.3) is 0 Å². The van der Waals surface area contributed by atoms with Crippen molar-refractivity contribution in [2.75, 3.05) is 7.11 Å². The molecule has 1 aliphatic carbocycles. The van der Waals surface area contributed by atoms with Crippen LogP contribution in [0.2, 0.25) is 0 Å². The maximum absolute atomic E-state index is 6.41. The fraction of sp³-hybridized carbons (Fsp3) is 0.500. The maximum Gasteiger partial charge on any atom is 0.246 e. The normalized spacial score (nSPS) is 16.8. The number of nitrogens with two attached hydrogens (primary N) is 1. The Bertz CT molecular complexity index is 592. The lowest BCUT2D eigenvalue weighted by atomic mass is 9.82. The van der Waals surface area contributed by atoms with Crippen molar-refractivity contribution in [2.24, 2.45) is 5.73 Å². The minimum absolute atomic E-state index is 0. The second kappa shape index (κ2) is 7.11. The summed E-state index contributed by atoms with van der Waals surface area (Å²) in [7, 11) is 1.66. The first-order chi connectivity index (χ1) is 10.2. The van der Waals surface area contributed by atoms with Crippen molar-refractivity contribution in [2.45, 2.75) is 44.1 Å². The Balaban J connectivity index is 0.00000176. The van der Waals surface area contributed by atoms with Crippen LogP contribution in [0.4, 0.5) is 0 Å². The molecule has 1 saturated carbocycles. The Labute approximate surface area is 136 Å². The number of aromatic nitrogens is 2. The Morgan fingerprint density at radius 1 is 1.18 bits per heavy atom. The molecule has 0 radical (unpaired) electrons. The molecule has 1 aromatic heterocycles. The highest BCUT2D eigenvalue weighted by atomic mass is 35.5. The predicted octanol–water partition coefficient (Wildman–Crippen LogP) is 3.21. The molecule has 0 unspecified atom stereocenters. The number of ether oxygens (including phenoxy) is 1. The van der Waals surface area contributed by atoms with E-state index in [-0.39, 0.29) is 12.4 Å². The molecule has 1 heterocycles. The molecule has 2 aromatic rings. The van der Waals surface area contributed by atoms with Crippen LogP contribution in [0.15, 0.2) is 28.8 Å². The average molecular weight is 324 g/mol. The Morgan fingerprint density at radius 3 is 2.50 bits per heavy atom. The zero-order chi connectivity index (χ0) is 14.7. The molecular weight excluding hydrogens is 302 g/mol. The Kier molecular flexibility index (Phi) is 5.42. The maximum atomic E-state index is 6.41. The number of rotatable bonds is 4. The molecule has 6 heteroatoms. The van der Waals surface area contributed by atoms with Gasteiger partial charge in [0.2, 0.25) is 5.89 Å². The van der Waals surface area contributed by atoms with Gasteiger partial charge in [-0.3, -0.25) is 0 Å². The molecule has 1 aromatic carbocycles. The van der Waals surface area contributed by atoms with E-state index < -0.39 is 5.54 Å². The van der Waals surface area contributed by atoms with Crippen molar-refractivity contribution >= 4 is 12.4 Å². The summed E-state index contributed by atoms with van der Waals surface area (Å²) in [6, 6.07) is 7.88. The quantitative estimate of drug-likeness (QED) is 0.935. The molecule has 1 aliphatic rings. The fourth-order valence-electron chi connectivity index (χ4n) is 2.85. The van der Waals surface area contributed by atoms with Crippen LogP contribution in [0, 0.1) is 0 Å². The first-order valence-corrected chi connectivity index (χ1v) is 7.44. The van der Waals surface area contributed by atoms with Crippen LogP contribution in [-0.4, -0.2) is 17.3 Å². The zero-order valence-corrected chi connectivity index (χ0v) is 13.6. The van der Waals surface area contributed by atoms with Crippen LogP contribution in [-0.2, 0) is 12.0 Å². The Morgan fingerprint density at radius 2 is 1.86 bits per heavy atom. The molecule has 0 aliphatic heterocycles. The number of benzene rings is 1. The van der Waals surface area contributed by atoms with Crippen molar-refractivity contribution in [1.82, 2.24) is 10.1 Å². The van der Waals surface area contributed by atoms with Crippen LogP contribution < -0.4 is 10.5 Å². The summed E-state index contributed by atoms with van der Waals surface area (Å²) in [5.41, 5.74) is 7.11. The lowest BCUT2D eigenvalue weighted by molar-refractivity contribution is 0.219. The van der Waals surface area contributed by atoms with Gasteiger partial charge in [0.15, 0.2) is 5.82 Å². The minimum atomic E-state index is -0.427. The van der Waals surface area contributed by atoms with E-state index in [9.17, 15) is 0 Å². The summed E-state index contributed by atoms with van der Waals surface area (Å²) in [4.78, 5) is 4.51. The molecule has 2 N–H and O–H groups in total. The summed E-state index contributed by atoms with van der Waals surface area (Å²) in [6.07, 6.45) is 6.00. The minimum Gasteiger partial charge on any atom is -0.497 e. The van der Waals surface area contributed by atoms with Crippen molar-refractivity contribution in [1.29, 1.82) is 0 Å². The number of methoxy groups -OCH3 is 1. The van der Waals surface area contributed by atoms with E-state index in [0.717, 1.165) is 37.0 Å². The van der Waals surface area contributed by atoms with Gasteiger partial charge in [-0.2, -0.15) is 4.98 Å². The standard InChI is InChI=1S/C16H21N3O2.ClH/c1-20-13-7-5-12(6-8-13)11-14-18-15(21-19-14)16(17)9-3-2-4-10-16;/h5-8H,2-4,9-11,17H2,1H3;1H. The second-order valence-electron chi connectivity index (χ2n) is 5.76. The van der Waals surface area contributed by atoms with Gasteiger partial charge in [-0.05, 0) is 30.5 Å². The summed E-state index contributed by atoms with van der Waals surface area (Å²) < 4.78 is 10.6. The van der Waals surface area contributed by atoms with Gasteiger partial charge in [-0.15, -0.1) is 12.4 Å².